The van der Waals surface area contributed by atoms with Crippen molar-refractivity contribution in [2.75, 3.05) is 50.0 Å². The first-order valence-electron chi connectivity index (χ1n) is 10.9. The number of aryl methyl sites for hydroxylation is 1. The summed E-state index contributed by atoms with van der Waals surface area (Å²) in [5, 5.41) is 2.66. The van der Waals surface area contributed by atoms with Gasteiger partial charge in [0.2, 0.25) is 10.0 Å². The number of aromatic nitrogens is 1. The van der Waals surface area contributed by atoms with Crippen LogP contribution in [0.2, 0.25) is 0 Å². The lowest BCUT2D eigenvalue weighted by molar-refractivity contribution is -0.122. The number of ether oxygens (including phenoxy) is 1. The van der Waals surface area contributed by atoms with E-state index in [-0.39, 0.29) is 30.7 Å². The summed E-state index contributed by atoms with van der Waals surface area (Å²) in [7, 11) is -3.44. The smallest absolute Gasteiger partial charge is 0.257 e. The molecule has 0 atom stereocenters. The number of carbonyl (C=O) groups excluding carboxylic acids is 1. The molecule has 8 nitrogen and oxygen atoms in total. The molecule has 1 fully saturated rings. The second-order valence-electron chi connectivity index (χ2n) is 8.22. The predicted molar refractivity (Wildman–Crippen MR) is 126 cm³/mol. The summed E-state index contributed by atoms with van der Waals surface area (Å²) in [4.78, 5) is 18.6. The fourth-order valence-electron chi connectivity index (χ4n) is 3.62. The highest BCUT2D eigenvalue weighted by Crippen LogP contribution is 2.27. The third-order valence-corrected chi connectivity index (χ3v) is 7.31. The van der Waals surface area contributed by atoms with E-state index in [0.29, 0.717) is 31.9 Å². The highest BCUT2D eigenvalue weighted by molar-refractivity contribution is 7.89. The van der Waals surface area contributed by atoms with Crippen LogP contribution in [0.5, 0.6) is 5.75 Å². The van der Waals surface area contributed by atoms with E-state index in [2.05, 4.69) is 29.0 Å². The topological polar surface area (TPSA) is 91.8 Å². The Hall–Kier alpha value is -2.65. The minimum absolute atomic E-state index is 0.0514. The van der Waals surface area contributed by atoms with Crippen LogP contribution in [0.25, 0.3) is 0 Å². The number of benzene rings is 1. The SMILES string of the molecule is Cc1ccc(C(C)C)c(OCC(=O)NCCS(=O)(=O)N2CCN(c3ccccn3)CC2)c1. The molecule has 9 heteroatoms. The van der Waals surface area contributed by atoms with Gasteiger partial charge in [0.1, 0.15) is 11.6 Å². The first kappa shape index (κ1) is 24.0. The highest BCUT2D eigenvalue weighted by atomic mass is 32.2. The summed E-state index contributed by atoms with van der Waals surface area (Å²) < 4.78 is 32.5. The van der Waals surface area contributed by atoms with Gasteiger partial charge in [-0.3, -0.25) is 4.79 Å². The van der Waals surface area contributed by atoms with Gasteiger partial charge in [-0.05, 0) is 42.2 Å². The Kier molecular flexibility index (Phi) is 8.09. The van der Waals surface area contributed by atoms with Crippen LogP contribution >= 0.6 is 0 Å². The van der Waals surface area contributed by atoms with Crippen molar-refractivity contribution in [2.24, 2.45) is 0 Å². The largest absolute Gasteiger partial charge is 0.483 e. The van der Waals surface area contributed by atoms with E-state index >= 15 is 0 Å². The number of hydrogen-bond acceptors (Lipinski definition) is 6. The molecule has 0 saturated carbocycles. The summed E-state index contributed by atoms with van der Waals surface area (Å²) in [6.07, 6.45) is 1.73. The minimum Gasteiger partial charge on any atom is -0.483 e. The Morgan fingerprint density at radius 3 is 2.56 bits per heavy atom. The standard InChI is InChI=1S/C23H32N4O4S/c1-18(2)20-8-7-19(3)16-21(20)31-17-23(28)25-10-15-32(29,30)27-13-11-26(12-14-27)22-6-4-5-9-24-22/h4-9,16,18H,10-15,17H2,1-3H3,(H,25,28). The number of amides is 1. The number of hydrogen-bond donors (Lipinski definition) is 1. The van der Waals surface area contributed by atoms with E-state index in [0.717, 1.165) is 16.9 Å². The van der Waals surface area contributed by atoms with E-state index in [9.17, 15) is 13.2 Å². The van der Waals surface area contributed by atoms with E-state index in [4.69, 9.17) is 4.74 Å². The molecule has 2 aromatic rings. The molecule has 1 amide bonds. The molecule has 1 aromatic heterocycles. The molecule has 174 valence electrons. The third kappa shape index (κ3) is 6.43. The van der Waals surface area contributed by atoms with Crippen LogP contribution in [0.15, 0.2) is 42.6 Å². The average Bonchev–Trinajstić information content (AvgIpc) is 2.78. The van der Waals surface area contributed by atoms with Crippen molar-refractivity contribution in [3.05, 3.63) is 53.7 Å². The van der Waals surface area contributed by atoms with Crippen molar-refractivity contribution in [1.82, 2.24) is 14.6 Å². The van der Waals surface area contributed by atoms with Crippen molar-refractivity contribution in [1.29, 1.82) is 0 Å². The molecular formula is C23H32N4O4S. The number of nitrogens with one attached hydrogen (secondary N) is 1. The molecule has 1 saturated heterocycles. The molecule has 1 aliphatic rings. The second-order valence-corrected chi connectivity index (χ2v) is 10.3. The Morgan fingerprint density at radius 2 is 1.91 bits per heavy atom. The van der Waals surface area contributed by atoms with Crippen LogP contribution in [0.3, 0.4) is 0 Å². The Labute approximate surface area is 190 Å². The van der Waals surface area contributed by atoms with E-state index in [1.165, 1.54) is 4.31 Å². The van der Waals surface area contributed by atoms with E-state index < -0.39 is 10.0 Å². The molecule has 0 bridgehead atoms. The van der Waals surface area contributed by atoms with Gasteiger partial charge in [-0.1, -0.05) is 32.0 Å². The molecule has 0 unspecified atom stereocenters. The van der Waals surface area contributed by atoms with Crippen molar-refractivity contribution >= 4 is 21.7 Å². The molecule has 0 aliphatic carbocycles. The highest BCUT2D eigenvalue weighted by Gasteiger charge is 2.27. The van der Waals surface area contributed by atoms with E-state index in [1.807, 2.05) is 43.3 Å². The Morgan fingerprint density at radius 1 is 1.16 bits per heavy atom. The van der Waals surface area contributed by atoms with Crippen LogP contribution < -0.4 is 15.0 Å². The summed E-state index contributed by atoms with van der Waals surface area (Å²) in [6.45, 7) is 8.00. The molecular weight excluding hydrogens is 428 g/mol. The normalized spacial score (nSPS) is 15.1. The molecule has 0 spiro atoms. The van der Waals surface area contributed by atoms with Crippen molar-refractivity contribution in [3.8, 4) is 5.75 Å². The van der Waals surface area contributed by atoms with Gasteiger partial charge in [-0.2, -0.15) is 4.31 Å². The van der Waals surface area contributed by atoms with Crippen molar-refractivity contribution < 1.29 is 17.9 Å². The summed E-state index contributed by atoms with van der Waals surface area (Å²) in [6, 6.07) is 11.6. The number of nitrogens with zero attached hydrogens (tertiary/aromatic N) is 3. The van der Waals surface area contributed by atoms with Gasteiger partial charge >= 0.3 is 0 Å². The lowest BCUT2D eigenvalue weighted by atomic mass is 10.0. The lowest BCUT2D eigenvalue weighted by Gasteiger charge is -2.34. The second kappa shape index (κ2) is 10.8. The lowest BCUT2D eigenvalue weighted by Crippen LogP contribution is -2.50. The zero-order chi connectivity index (χ0) is 23.1. The number of anilines is 1. The molecule has 2 heterocycles. The summed E-state index contributed by atoms with van der Waals surface area (Å²) in [5.41, 5.74) is 2.09. The summed E-state index contributed by atoms with van der Waals surface area (Å²) >= 11 is 0. The third-order valence-electron chi connectivity index (χ3n) is 5.44. The molecule has 1 aromatic carbocycles. The maximum absolute atomic E-state index is 12.7. The van der Waals surface area contributed by atoms with Crippen molar-refractivity contribution in [2.45, 2.75) is 26.7 Å². The zero-order valence-corrected chi connectivity index (χ0v) is 19.8. The van der Waals surface area contributed by atoms with Crippen LogP contribution in [-0.2, 0) is 14.8 Å². The first-order chi connectivity index (χ1) is 15.3. The average molecular weight is 461 g/mol. The zero-order valence-electron chi connectivity index (χ0n) is 19.0. The molecule has 1 N–H and O–H groups in total. The van der Waals surface area contributed by atoms with Crippen LogP contribution in [0.4, 0.5) is 5.82 Å². The number of rotatable bonds is 9. The number of pyridine rings is 1. The maximum atomic E-state index is 12.7. The van der Waals surface area contributed by atoms with Crippen LogP contribution in [0.1, 0.15) is 30.9 Å². The molecule has 1 aliphatic heterocycles. The quantitative estimate of drug-likeness (QED) is 0.617. The van der Waals surface area contributed by atoms with Crippen LogP contribution in [0, 0.1) is 6.92 Å². The first-order valence-corrected chi connectivity index (χ1v) is 12.5. The maximum Gasteiger partial charge on any atom is 0.257 e. The van der Waals surface area contributed by atoms with Gasteiger partial charge in [-0.25, -0.2) is 13.4 Å². The Bertz CT molecular complexity index is 1000. The Balaban J connectivity index is 1.43. The van der Waals surface area contributed by atoms with Gasteiger partial charge < -0.3 is 15.0 Å². The van der Waals surface area contributed by atoms with Gasteiger partial charge in [-0.15, -0.1) is 0 Å². The van der Waals surface area contributed by atoms with Crippen LogP contribution in [-0.4, -0.2) is 68.7 Å². The number of piperazine rings is 1. The monoisotopic (exact) mass is 460 g/mol. The van der Waals surface area contributed by atoms with Crippen molar-refractivity contribution in [3.63, 3.8) is 0 Å². The van der Waals surface area contributed by atoms with Gasteiger partial charge in [0.25, 0.3) is 5.91 Å². The summed E-state index contributed by atoms with van der Waals surface area (Å²) in [5.74, 6) is 1.34. The minimum atomic E-state index is -3.44. The van der Waals surface area contributed by atoms with Gasteiger partial charge in [0.05, 0.1) is 5.75 Å². The van der Waals surface area contributed by atoms with Gasteiger partial charge in [0, 0.05) is 38.9 Å². The molecule has 32 heavy (non-hydrogen) atoms. The molecule has 0 radical (unpaired) electrons. The van der Waals surface area contributed by atoms with E-state index in [1.54, 1.807) is 6.20 Å². The molecule has 3 rings (SSSR count). The fraction of sp³-hybridized carbons (Fsp3) is 0.478. The number of carbonyl (C=O) groups is 1. The van der Waals surface area contributed by atoms with Gasteiger partial charge in [0.15, 0.2) is 6.61 Å². The fourth-order valence-corrected chi connectivity index (χ4v) is 4.96. The number of sulfonamides is 1. The predicted octanol–water partition coefficient (Wildman–Crippen LogP) is 2.16.